The van der Waals surface area contributed by atoms with E-state index in [1.54, 1.807) is 0 Å². The maximum Gasteiger partial charge on any atom is 0.0669 e. The van der Waals surface area contributed by atoms with E-state index in [9.17, 15) is 0 Å². The molecule has 1 heterocycles. The normalized spacial score (nSPS) is 22.2. The maximum absolute atomic E-state index is 5.87. The van der Waals surface area contributed by atoms with Crippen LogP contribution >= 0.6 is 11.8 Å². The van der Waals surface area contributed by atoms with Gasteiger partial charge in [-0.15, -0.1) is 11.8 Å². The zero-order valence-corrected chi connectivity index (χ0v) is 10.5. The molecule has 0 saturated carbocycles. The molecular formula is C13H19NOS. The smallest absolute Gasteiger partial charge is 0.0669 e. The van der Waals surface area contributed by atoms with Gasteiger partial charge < -0.3 is 10.5 Å². The molecule has 2 rings (SSSR count). The van der Waals surface area contributed by atoms with Crippen molar-refractivity contribution >= 4 is 11.8 Å². The van der Waals surface area contributed by atoms with Crippen LogP contribution in [-0.4, -0.2) is 18.5 Å². The Morgan fingerprint density at radius 3 is 3.12 bits per heavy atom. The van der Waals surface area contributed by atoms with E-state index in [4.69, 9.17) is 10.5 Å². The summed E-state index contributed by atoms with van der Waals surface area (Å²) in [7, 11) is 0. The van der Waals surface area contributed by atoms with E-state index < -0.39 is 0 Å². The fourth-order valence-electron chi connectivity index (χ4n) is 1.85. The lowest BCUT2D eigenvalue weighted by molar-refractivity contribution is 0.129. The van der Waals surface area contributed by atoms with Crippen molar-refractivity contribution in [2.45, 2.75) is 36.8 Å². The molecule has 2 N–H and O–H groups in total. The summed E-state index contributed by atoms with van der Waals surface area (Å²) in [6, 6.07) is 8.61. The molecule has 0 aliphatic carbocycles. The number of hydrogen-bond donors (Lipinski definition) is 1. The zero-order chi connectivity index (χ0) is 11.4. The van der Waals surface area contributed by atoms with Crippen molar-refractivity contribution in [2.75, 3.05) is 12.4 Å². The van der Waals surface area contributed by atoms with Crippen LogP contribution in [0.5, 0.6) is 0 Å². The van der Waals surface area contributed by atoms with Gasteiger partial charge in [0.05, 0.1) is 6.10 Å². The minimum Gasteiger partial charge on any atom is -0.377 e. The van der Waals surface area contributed by atoms with Gasteiger partial charge in [-0.05, 0) is 37.5 Å². The monoisotopic (exact) mass is 237 g/mol. The SMILES string of the molecule is CC(N)c1cccc(SCC2CCCO2)c1. The van der Waals surface area contributed by atoms with Gasteiger partial charge in [0.1, 0.15) is 0 Å². The molecule has 0 radical (unpaired) electrons. The lowest BCUT2D eigenvalue weighted by Crippen LogP contribution is -2.08. The standard InChI is InChI=1S/C13H19NOS/c1-10(14)11-4-2-6-13(8-11)16-9-12-5-3-7-15-12/h2,4,6,8,10,12H,3,5,7,9,14H2,1H3. The first-order valence-electron chi connectivity index (χ1n) is 5.85. The molecule has 16 heavy (non-hydrogen) atoms. The van der Waals surface area contributed by atoms with Crippen molar-refractivity contribution in [1.29, 1.82) is 0 Å². The highest BCUT2D eigenvalue weighted by atomic mass is 32.2. The second-order valence-corrected chi connectivity index (χ2v) is 5.40. The molecule has 1 aromatic rings. The summed E-state index contributed by atoms with van der Waals surface area (Å²) in [5, 5.41) is 0. The van der Waals surface area contributed by atoms with E-state index in [-0.39, 0.29) is 6.04 Å². The van der Waals surface area contributed by atoms with Crippen molar-refractivity contribution < 1.29 is 4.74 Å². The number of benzene rings is 1. The average molecular weight is 237 g/mol. The van der Waals surface area contributed by atoms with Gasteiger partial charge in [0.2, 0.25) is 0 Å². The maximum atomic E-state index is 5.87. The van der Waals surface area contributed by atoms with Crippen LogP contribution in [0.1, 0.15) is 31.4 Å². The predicted molar refractivity (Wildman–Crippen MR) is 68.7 cm³/mol. The van der Waals surface area contributed by atoms with Gasteiger partial charge in [0.25, 0.3) is 0 Å². The number of ether oxygens (including phenoxy) is 1. The van der Waals surface area contributed by atoms with E-state index in [1.165, 1.54) is 23.3 Å². The quantitative estimate of drug-likeness (QED) is 0.818. The van der Waals surface area contributed by atoms with Gasteiger partial charge in [-0.25, -0.2) is 0 Å². The van der Waals surface area contributed by atoms with Crippen LogP contribution in [-0.2, 0) is 4.74 Å². The van der Waals surface area contributed by atoms with Gasteiger partial charge in [0.15, 0.2) is 0 Å². The van der Waals surface area contributed by atoms with Crippen LogP contribution in [0, 0.1) is 0 Å². The Morgan fingerprint density at radius 2 is 2.44 bits per heavy atom. The molecule has 1 aliphatic rings. The Kier molecular flexibility index (Phi) is 4.27. The van der Waals surface area contributed by atoms with Gasteiger partial charge >= 0.3 is 0 Å². The molecule has 1 aliphatic heterocycles. The minimum absolute atomic E-state index is 0.114. The Bertz CT molecular complexity index is 334. The van der Waals surface area contributed by atoms with Crippen LogP contribution in [0.15, 0.2) is 29.2 Å². The lowest BCUT2D eigenvalue weighted by atomic mass is 10.1. The molecule has 0 amide bonds. The molecule has 2 nitrogen and oxygen atoms in total. The molecule has 0 spiro atoms. The third kappa shape index (κ3) is 3.24. The van der Waals surface area contributed by atoms with Crippen LogP contribution in [0.4, 0.5) is 0 Å². The fraction of sp³-hybridized carbons (Fsp3) is 0.538. The zero-order valence-electron chi connectivity index (χ0n) is 9.69. The van der Waals surface area contributed by atoms with Crippen LogP contribution in [0.25, 0.3) is 0 Å². The summed E-state index contributed by atoms with van der Waals surface area (Å²) in [6.45, 7) is 2.95. The van der Waals surface area contributed by atoms with E-state index in [0.29, 0.717) is 6.10 Å². The predicted octanol–water partition coefficient (Wildman–Crippen LogP) is 2.98. The summed E-state index contributed by atoms with van der Waals surface area (Å²) >= 11 is 1.87. The van der Waals surface area contributed by atoms with Gasteiger partial charge in [-0.3, -0.25) is 0 Å². The summed E-state index contributed by atoms with van der Waals surface area (Å²) < 4.78 is 5.61. The van der Waals surface area contributed by atoms with E-state index in [1.807, 2.05) is 18.7 Å². The molecule has 88 valence electrons. The average Bonchev–Trinajstić information content (AvgIpc) is 2.79. The first-order chi connectivity index (χ1) is 7.75. The Hall–Kier alpha value is -0.510. The third-order valence-electron chi connectivity index (χ3n) is 2.84. The summed E-state index contributed by atoms with van der Waals surface area (Å²) in [5.41, 5.74) is 7.07. The van der Waals surface area contributed by atoms with E-state index >= 15 is 0 Å². The van der Waals surface area contributed by atoms with E-state index in [2.05, 4.69) is 24.3 Å². The van der Waals surface area contributed by atoms with Gasteiger partial charge in [-0.1, -0.05) is 12.1 Å². The van der Waals surface area contributed by atoms with Gasteiger partial charge in [0, 0.05) is 23.3 Å². The largest absolute Gasteiger partial charge is 0.377 e. The summed E-state index contributed by atoms with van der Waals surface area (Å²) in [5.74, 6) is 1.06. The Morgan fingerprint density at radius 1 is 1.56 bits per heavy atom. The second kappa shape index (κ2) is 5.71. The Balaban J connectivity index is 1.90. The molecule has 0 aromatic heterocycles. The van der Waals surface area contributed by atoms with Gasteiger partial charge in [-0.2, -0.15) is 0 Å². The number of nitrogens with two attached hydrogens (primary N) is 1. The van der Waals surface area contributed by atoms with Crippen molar-refractivity contribution in [3.63, 3.8) is 0 Å². The second-order valence-electron chi connectivity index (χ2n) is 4.31. The molecule has 1 saturated heterocycles. The number of rotatable bonds is 4. The highest BCUT2D eigenvalue weighted by Gasteiger charge is 2.15. The first kappa shape index (κ1) is 12.0. The molecule has 2 unspecified atom stereocenters. The Labute approximate surface area is 102 Å². The minimum atomic E-state index is 0.114. The van der Waals surface area contributed by atoms with Crippen molar-refractivity contribution in [1.82, 2.24) is 0 Å². The molecular weight excluding hydrogens is 218 g/mol. The number of thioether (sulfide) groups is 1. The topological polar surface area (TPSA) is 35.2 Å². The van der Waals surface area contributed by atoms with Crippen LogP contribution < -0.4 is 5.73 Å². The first-order valence-corrected chi connectivity index (χ1v) is 6.84. The number of hydrogen-bond acceptors (Lipinski definition) is 3. The fourth-order valence-corrected chi connectivity index (χ4v) is 2.89. The molecule has 3 heteroatoms. The van der Waals surface area contributed by atoms with Crippen molar-refractivity contribution in [2.24, 2.45) is 5.73 Å². The molecule has 1 fully saturated rings. The summed E-state index contributed by atoms with van der Waals surface area (Å²) in [6.07, 6.45) is 2.87. The highest BCUT2D eigenvalue weighted by Crippen LogP contribution is 2.25. The summed E-state index contributed by atoms with van der Waals surface area (Å²) in [4.78, 5) is 1.30. The van der Waals surface area contributed by atoms with Crippen molar-refractivity contribution in [3.05, 3.63) is 29.8 Å². The lowest BCUT2D eigenvalue weighted by Gasteiger charge is -2.10. The molecule has 0 bridgehead atoms. The van der Waals surface area contributed by atoms with Crippen molar-refractivity contribution in [3.8, 4) is 0 Å². The third-order valence-corrected chi connectivity index (χ3v) is 3.97. The van der Waals surface area contributed by atoms with Crippen LogP contribution in [0.3, 0.4) is 0 Å². The highest BCUT2D eigenvalue weighted by molar-refractivity contribution is 7.99. The van der Waals surface area contributed by atoms with Crippen LogP contribution in [0.2, 0.25) is 0 Å². The molecule has 1 aromatic carbocycles. The van der Waals surface area contributed by atoms with E-state index in [0.717, 1.165) is 12.4 Å². The molecule has 2 atom stereocenters.